The number of anilines is 1. The quantitative estimate of drug-likeness (QED) is 0.439. The van der Waals surface area contributed by atoms with Gasteiger partial charge in [-0.2, -0.15) is 0 Å². The fraction of sp³-hybridized carbons (Fsp3) is 0. The summed E-state index contributed by atoms with van der Waals surface area (Å²) in [5, 5.41) is 13.6. The summed E-state index contributed by atoms with van der Waals surface area (Å²) < 4.78 is 0. The lowest BCUT2D eigenvalue weighted by Crippen LogP contribution is -2.13. The Labute approximate surface area is 150 Å². The van der Waals surface area contributed by atoms with Gasteiger partial charge in [-0.1, -0.05) is 48.2 Å². The summed E-state index contributed by atoms with van der Waals surface area (Å²) >= 11 is 0. The molecule has 0 aliphatic carbocycles. The maximum absolute atomic E-state index is 12.4. The van der Waals surface area contributed by atoms with E-state index in [0.29, 0.717) is 11.3 Å². The van der Waals surface area contributed by atoms with Crippen LogP contribution in [0.5, 0.6) is 0 Å². The first-order valence-electron chi connectivity index (χ1n) is 7.85. The largest absolute Gasteiger partial charge is 0.321 e. The number of hydrogen-bond acceptors (Lipinski definition) is 3. The molecule has 0 atom stereocenters. The predicted octanol–water partition coefficient (Wildman–Crippen LogP) is 4.25. The maximum Gasteiger partial charge on any atom is 0.270 e. The van der Waals surface area contributed by atoms with Gasteiger partial charge in [0.15, 0.2) is 0 Å². The van der Waals surface area contributed by atoms with Crippen molar-refractivity contribution in [1.82, 2.24) is 0 Å². The van der Waals surface area contributed by atoms with E-state index in [1.165, 1.54) is 24.3 Å². The number of nitrogens with one attached hydrogen (secondary N) is 1. The normalized spacial score (nSPS) is 9.69. The Morgan fingerprint density at radius 1 is 0.885 bits per heavy atom. The number of amides is 1. The van der Waals surface area contributed by atoms with Crippen LogP contribution in [0.1, 0.15) is 21.5 Å². The predicted molar refractivity (Wildman–Crippen MR) is 99.9 cm³/mol. The molecule has 0 unspecified atom stereocenters. The second-order valence-electron chi connectivity index (χ2n) is 5.42. The Bertz CT molecular complexity index is 1020. The van der Waals surface area contributed by atoms with Gasteiger partial charge in [-0.3, -0.25) is 14.9 Å². The molecule has 0 aliphatic rings. The van der Waals surface area contributed by atoms with Crippen LogP contribution in [0.2, 0.25) is 0 Å². The fourth-order valence-electron chi connectivity index (χ4n) is 2.32. The first-order valence-corrected chi connectivity index (χ1v) is 7.85. The van der Waals surface area contributed by atoms with E-state index >= 15 is 0 Å². The minimum Gasteiger partial charge on any atom is -0.321 e. The molecule has 3 rings (SSSR count). The fourth-order valence-corrected chi connectivity index (χ4v) is 2.32. The SMILES string of the molecule is O=C(Nc1ccccc1C#Cc1ccccc1)c1cccc([N+](=O)[O-])c1. The van der Waals surface area contributed by atoms with Gasteiger partial charge in [-0.15, -0.1) is 0 Å². The van der Waals surface area contributed by atoms with Crippen molar-refractivity contribution in [3.63, 3.8) is 0 Å². The number of nitrogens with zero attached hydrogens (tertiary/aromatic N) is 1. The molecule has 0 bridgehead atoms. The third-order valence-corrected chi connectivity index (χ3v) is 3.61. The molecule has 0 heterocycles. The monoisotopic (exact) mass is 342 g/mol. The van der Waals surface area contributed by atoms with Crippen molar-refractivity contribution in [3.8, 4) is 11.8 Å². The molecule has 0 saturated carbocycles. The van der Waals surface area contributed by atoms with Crippen LogP contribution in [0.15, 0.2) is 78.9 Å². The van der Waals surface area contributed by atoms with E-state index in [4.69, 9.17) is 0 Å². The van der Waals surface area contributed by atoms with E-state index in [-0.39, 0.29) is 11.3 Å². The van der Waals surface area contributed by atoms with Gasteiger partial charge in [0.2, 0.25) is 0 Å². The zero-order valence-electron chi connectivity index (χ0n) is 13.7. The number of nitro groups is 1. The minimum absolute atomic E-state index is 0.130. The van der Waals surface area contributed by atoms with Crippen LogP contribution < -0.4 is 5.32 Å². The molecule has 0 saturated heterocycles. The van der Waals surface area contributed by atoms with E-state index < -0.39 is 10.8 Å². The average Bonchev–Trinajstić information content (AvgIpc) is 2.68. The van der Waals surface area contributed by atoms with Crippen LogP contribution in [0, 0.1) is 22.0 Å². The lowest BCUT2D eigenvalue weighted by Gasteiger charge is -2.07. The molecule has 3 aromatic rings. The molecule has 1 N–H and O–H groups in total. The lowest BCUT2D eigenvalue weighted by atomic mass is 10.1. The number of nitro benzene ring substituents is 1. The summed E-state index contributed by atoms with van der Waals surface area (Å²) in [5.41, 5.74) is 2.16. The minimum atomic E-state index is -0.532. The van der Waals surface area contributed by atoms with Crippen molar-refractivity contribution in [1.29, 1.82) is 0 Å². The van der Waals surface area contributed by atoms with Gasteiger partial charge < -0.3 is 5.32 Å². The van der Waals surface area contributed by atoms with Crippen LogP contribution in [-0.2, 0) is 0 Å². The van der Waals surface area contributed by atoms with Gasteiger partial charge in [-0.25, -0.2) is 0 Å². The number of benzene rings is 3. The molecule has 126 valence electrons. The highest BCUT2D eigenvalue weighted by atomic mass is 16.6. The molecule has 0 radical (unpaired) electrons. The summed E-state index contributed by atoms with van der Waals surface area (Å²) in [6.45, 7) is 0. The molecule has 0 aliphatic heterocycles. The molecule has 1 amide bonds. The highest BCUT2D eigenvalue weighted by molar-refractivity contribution is 6.05. The van der Waals surface area contributed by atoms with E-state index in [9.17, 15) is 14.9 Å². The second-order valence-corrected chi connectivity index (χ2v) is 5.42. The first kappa shape index (κ1) is 16.9. The van der Waals surface area contributed by atoms with Crippen molar-refractivity contribution in [2.75, 3.05) is 5.32 Å². The lowest BCUT2D eigenvalue weighted by molar-refractivity contribution is -0.384. The van der Waals surface area contributed by atoms with Crippen LogP contribution in [0.4, 0.5) is 11.4 Å². The van der Waals surface area contributed by atoms with Crippen molar-refractivity contribution >= 4 is 17.3 Å². The Morgan fingerprint density at radius 2 is 1.62 bits per heavy atom. The van der Waals surface area contributed by atoms with Crippen molar-refractivity contribution in [2.45, 2.75) is 0 Å². The molecule has 0 fully saturated rings. The highest BCUT2D eigenvalue weighted by Crippen LogP contribution is 2.18. The third-order valence-electron chi connectivity index (χ3n) is 3.61. The molecule has 3 aromatic carbocycles. The van der Waals surface area contributed by atoms with Crippen molar-refractivity contribution in [3.05, 3.63) is 106 Å². The summed E-state index contributed by atoms with van der Waals surface area (Å²) in [4.78, 5) is 22.8. The first-order chi connectivity index (χ1) is 12.6. The van der Waals surface area contributed by atoms with E-state index in [2.05, 4.69) is 17.2 Å². The van der Waals surface area contributed by atoms with Crippen molar-refractivity contribution < 1.29 is 9.72 Å². The van der Waals surface area contributed by atoms with E-state index in [1.54, 1.807) is 18.2 Å². The number of carbonyl (C=O) groups is 1. The van der Waals surface area contributed by atoms with E-state index in [1.807, 2.05) is 36.4 Å². The Balaban J connectivity index is 1.85. The van der Waals surface area contributed by atoms with Gasteiger partial charge in [0.1, 0.15) is 0 Å². The summed E-state index contributed by atoms with van der Waals surface area (Å²) in [6.07, 6.45) is 0. The molecule has 0 spiro atoms. The number of carbonyl (C=O) groups excluding carboxylic acids is 1. The summed E-state index contributed by atoms with van der Waals surface area (Å²) in [5.74, 6) is 5.66. The number of non-ortho nitro benzene ring substituents is 1. The smallest absolute Gasteiger partial charge is 0.270 e. The van der Waals surface area contributed by atoms with Crippen LogP contribution >= 0.6 is 0 Å². The number of rotatable bonds is 3. The van der Waals surface area contributed by atoms with Crippen molar-refractivity contribution in [2.24, 2.45) is 0 Å². The highest BCUT2D eigenvalue weighted by Gasteiger charge is 2.12. The zero-order valence-corrected chi connectivity index (χ0v) is 13.7. The number of hydrogen-bond donors (Lipinski definition) is 1. The molecule has 26 heavy (non-hydrogen) atoms. The zero-order chi connectivity index (χ0) is 18.4. The molecule has 5 heteroatoms. The third kappa shape index (κ3) is 4.13. The van der Waals surface area contributed by atoms with Crippen LogP contribution in [0.3, 0.4) is 0 Å². The molecular formula is C21H14N2O3. The van der Waals surface area contributed by atoms with Crippen LogP contribution in [0.25, 0.3) is 0 Å². The Morgan fingerprint density at radius 3 is 2.38 bits per heavy atom. The number of para-hydroxylation sites is 1. The molecule has 0 aromatic heterocycles. The van der Waals surface area contributed by atoms with Gasteiger partial charge in [0, 0.05) is 28.8 Å². The average molecular weight is 342 g/mol. The Hall–Kier alpha value is -3.91. The second kappa shape index (κ2) is 7.77. The van der Waals surface area contributed by atoms with Gasteiger partial charge in [0.25, 0.3) is 11.6 Å². The van der Waals surface area contributed by atoms with Crippen LogP contribution in [-0.4, -0.2) is 10.8 Å². The van der Waals surface area contributed by atoms with Gasteiger partial charge >= 0.3 is 0 Å². The molecule has 5 nitrogen and oxygen atoms in total. The topological polar surface area (TPSA) is 72.2 Å². The summed E-state index contributed by atoms with van der Waals surface area (Å²) in [6, 6.07) is 22.3. The van der Waals surface area contributed by atoms with Gasteiger partial charge in [0.05, 0.1) is 10.6 Å². The van der Waals surface area contributed by atoms with Gasteiger partial charge in [-0.05, 0) is 30.3 Å². The standard InChI is InChI=1S/C21H14N2O3/c24-21(18-10-6-11-19(15-18)23(25)26)22-20-12-5-4-9-17(20)14-13-16-7-2-1-3-8-16/h1-12,15H,(H,22,24). The maximum atomic E-state index is 12.4. The van der Waals surface area contributed by atoms with E-state index in [0.717, 1.165) is 5.56 Å². The molecular weight excluding hydrogens is 328 g/mol. The Kier molecular flexibility index (Phi) is 5.06. The summed E-state index contributed by atoms with van der Waals surface area (Å²) in [7, 11) is 0.